The third-order valence-corrected chi connectivity index (χ3v) is 2.78. The Labute approximate surface area is 149 Å². The number of nitrogens with one attached hydrogen (secondary N) is 2. The molecule has 0 spiro atoms. The molecule has 22 heavy (non-hydrogen) atoms. The Morgan fingerprint density at radius 3 is 2.41 bits per heavy atom. The molecule has 1 aromatic rings. The first-order valence-electron chi connectivity index (χ1n) is 7.02. The fraction of sp³-hybridized carbons (Fsp3) is 0.375. The van der Waals surface area contributed by atoms with Gasteiger partial charge in [-0.1, -0.05) is 18.2 Å². The number of rotatable bonds is 6. The number of guanidine groups is 1. The summed E-state index contributed by atoms with van der Waals surface area (Å²) >= 11 is 0. The fourth-order valence-electron chi connectivity index (χ4n) is 1.69. The van der Waals surface area contributed by atoms with Crippen molar-refractivity contribution < 1.29 is 4.79 Å². The van der Waals surface area contributed by atoms with Gasteiger partial charge in [0.15, 0.2) is 5.96 Å². The summed E-state index contributed by atoms with van der Waals surface area (Å²) in [6.07, 6.45) is 1.79. The van der Waals surface area contributed by atoms with Crippen LogP contribution in [0.5, 0.6) is 0 Å². The van der Waals surface area contributed by atoms with Crippen molar-refractivity contribution in [2.75, 3.05) is 27.2 Å². The maximum absolute atomic E-state index is 11.8. The van der Waals surface area contributed by atoms with Crippen molar-refractivity contribution in [1.82, 2.24) is 15.5 Å². The van der Waals surface area contributed by atoms with Crippen LogP contribution in [0.3, 0.4) is 0 Å². The molecule has 0 aromatic heterocycles. The smallest absolute Gasteiger partial charge is 0.253 e. The molecule has 1 amide bonds. The highest BCUT2D eigenvalue weighted by atomic mass is 127. The SMILES string of the molecule is C=CCNC(=NCc1ccc(C(=O)N(C)C)cc1)NCC.I. The van der Waals surface area contributed by atoms with Crippen molar-refractivity contribution in [2.24, 2.45) is 4.99 Å². The molecule has 5 nitrogen and oxygen atoms in total. The summed E-state index contributed by atoms with van der Waals surface area (Å²) in [5.74, 6) is 0.761. The number of nitrogens with zero attached hydrogens (tertiary/aromatic N) is 2. The van der Waals surface area contributed by atoms with E-state index in [4.69, 9.17) is 0 Å². The van der Waals surface area contributed by atoms with Crippen molar-refractivity contribution >= 4 is 35.8 Å². The van der Waals surface area contributed by atoms with Gasteiger partial charge in [-0.25, -0.2) is 4.99 Å². The van der Waals surface area contributed by atoms with Gasteiger partial charge in [-0.2, -0.15) is 0 Å². The molecule has 1 aromatic carbocycles. The van der Waals surface area contributed by atoms with Crippen LogP contribution in [-0.4, -0.2) is 44.0 Å². The van der Waals surface area contributed by atoms with E-state index in [2.05, 4.69) is 22.2 Å². The second-order valence-electron chi connectivity index (χ2n) is 4.76. The van der Waals surface area contributed by atoms with Crippen LogP contribution in [0.4, 0.5) is 0 Å². The molecule has 0 atom stereocenters. The summed E-state index contributed by atoms with van der Waals surface area (Å²) < 4.78 is 0. The zero-order chi connectivity index (χ0) is 15.7. The Morgan fingerprint density at radius 1 is 1.27 bits per heavy atom. The van der Waals surface area contributed by atoms with Crippen LogP contribution < -0.4 is 10.6 Å². The Morgan fingerprint density at radius 2 is 1.91 bits per heavy atom. The molecule has 0 radical (unpaired) electrons. The Hall–Kier alpha value is -1.57. The van der Waals surface area contributed by atoms with Crippen molar-refractivity contribution in [3.8, 4) is 0 Å². The molecule has 0 saturated carbocycles. The molecule has 0 heterocycles. The van der Waals surface area contributed by atoms with Gasteiger partial charge in [0.25, 0.3) is 5.91 Å². The minimum absolute atomic E-state index is 0. The first-order valence-corrected chi connectivity index (χ1v) is 7.02. The monoisotopic (exact) mass is 416 g/mol. The number of carbonyl (C=O) groups excluding carboxylic acids is 1. The molecular weight excluding hydrogens is 391 g/mol. The largest absolute Gasteiger partial charge is 0.357 e. The van der Waals surface area contributed by atoms with Gasteiger partial charge in [0, 0.05) is 32.7 Å². The number of carbonyl (C=O) groups is 1. The lowest BCUT2D eigenvalue weighted by Gasteiger charge is -2.11. The van der Waals surface area contributed by atoms with Crippen molar-refractivity contribution in [3.05, 3.63) is 48.0 Å². The average Bonchev–Trinajstić information content (AvgIpc) is 2.49. The Balaban J connectivity index is 0.00000441. The zero-order valence-corrected chi connectivity index (χ0v) is 15.8. The van der Waals surface area contributed by atoms with Crippen LogP contribution in [0.1, 0.15) is 22.8 Å². The first-order chi connectivity index (χ1) is 10.1. The predicted octanol–water partition coefficient (Wildman–Crippen LogP) is 2.25. The van der Waals surface area contributed by atoms with Crippen LogP contribution in [0.2, 0.25) is 0 Å². The van der Waals surface area contributed by atoms with E-state index in [1.807, 2.05) is 31.2 Å². The first kappa shape index (κ1) is 20.4. The average molecular weight is 416 g/mol. The second kappa shape index (κ2) is 11.1. The highest BCUT2D eigenvalue weighted by molar-refractivity contribution is 14.0. The maximum Gasteiger partial charge on any atom is 0.253 e. The van der Waals surface area contributed by atoms with Crippen LogP contribution in [0.25, 0.3) is 0 Å². The number of hydrogen-bond acceptors (Lipinski definition) is 2. The van der Waals surface area contributed by atoms with Gasteiger partial charge in [0.1, 0.15) is 0 Å². The molecule has 122 valence electrons. The van der Waals surface area contributed by atoms with Crippen molar-refractivity contribution in [3.63, 3.8) is 0 Å². The number of amides is 1. The molecule has 0 bridgehead atoms. The summed E-state index contributed by atoms with van der Waals surface area (Å²) in [7, 11) is 3.49. The lowest BCUT2D eigenvalue weighted by Crippen LogP contribution is -2.37. The summed E-state index contributed by atoms with van der Waals surface area (Å²) in [6.45, 7) is 7.72. The van der Waals surface area contributed by atoms with Crippen LogP contribution in [0.15, 0.2) is 41.9 Å². The third kappa shape index (κ3) is 6.93. The molecule has 0 aliphatic carbocycles. The summed E-state index contributed by atoms with van der Waals surface area (Å²) in [5, 5.41) is 6.31. The van der Waals surface area contributed by atoms with Crippen LogP contribution in [0, 0.1) is 0 Å². The van der Waals surface area contributed by atoms with Gasteiger partial charge in [-0.3, -0.25) is 4.79 Å². The van der Waals surface area contributed by atoms with E-state index in [0.29, 0.717) is 18.7 Å². The number of aliphatic imine (C=N–C) groups is 1. The molecular formula is C16H25IN4O. The van der Waals surface area contributed by atoms with E-state index in [9.17, 15) is 4.79 Å². The Kier molecular flexibility index (Phi) is 10.3. The van der Waals surface area contributed by atoms with Gasteiger partial charge in [-0.05, 0) is 24.6 Å². The van der Waals surface area contributed by atoms with Crippen molar-refractivity contribution in [1.29, 1.82) is 0 Å². The molecule has 6 heteroatoms. The summed E-state index contributed by atoms with van der Waals surface area (Å²) in [5.41, 5.74) is 1.74. The minimum atomic E-state index is 0. The summed E-state index contributed by atoms with van der Waals surface area (Å²) in [6, 6.07) is 7.52. The fourth-order valence-corrected chi connectivity index (χ4v) is 1.69. The van der Waals surface area contributed by atoms with E-state index in [1.54, 1.807) is 25.1 Å². The van der Waals surface area contributed by atoms with E-state index >= 15 is 0 Å². The normalized spacial score (nSPS) is 10.4. The van der Waals surface area contributed by atoms with Gasteiger partial charge in [0.2, 0.25) is 0 Å². The zero-order valence-electron chi connectivity index (χ0n) is 13.4. The predicted molar refractivity (Wildman–Crippen MR) is 103 cm³/mol. The number of benzene rings is 1. The van der Waals surface area contributed by atoms with Gasteiger partial charge in [0.05, 0.1) is 6.54 Å². The molecule has 0 saturated heterocycles. The highest BCUT2D eigenvalue weighted by Crippen LogP contribution is 2.07. The Bertz CT molecular complexity index is 497. The second-order valence-corrected chi connectivity index (χ2v) is 4.76. The minimum Gasteiger partial charge on any atom is -0.357 e. The summed E-state index contributed by atoms with van der Waals surface area (Å²) in [4.78, 5) is 17.8. The molecule has 2 N–H and O–H groups in total. The van der Waals surface area contributed by atoms with E-state index < -0.39 is 0 Å². The lowest BCUT2D eigenvalue weighted by atomic mass is 10.1. The van der Waals surface area contributed by atoms with E-state index in [0.717, 1.165) is 18.1 Å². The van der Waals surface area contributed by atoms with Crippen molar-refractivity contribution in [2.45, 2.75) is 13.5 Å². The van der Waals surface area contributed by atoms with E-state index in [-0.39, 0.29) is 29.9 Å². The van der Waals surface area contributed by atoms with Crippen LogP contribution in [-0.2, 0) is 6.54 Å². The van der Waals surface area contributed by atoms with Gasteiger partial charge >= 0.3 is 0 Å². The molecule has 0 fully saturated rings. The maximum atomic E-state index is 11.8. The van der Waals surface area contributed by atoms with Crippen LogP contribution >= 0.6 is 24.0 Å². The molecule has 0 unspecified atom stereocenters. The van der Waals surface area contributed by atoms with Gasteiger partial charge < -0.3 is 15.5 Å². The standard InChI is InChI=1S/C16H24N4O.HI/c1-5-11-18-16(17-6-2)19-12-13-7-9-14(10-8-13)15(21)20(3)4;/h5,7-10H,1,6,11-12H2,2-4H3,(H2,17,18,19);1H. The lowest BCUT2D eigenvalue weighted by molar-refractivity contribution is 0.0827. The highest BCUT2D eigenvalue weighted by Gasteiger charge is 2.06. The number of hydrogen-bond donors (Lipinski definition) is 2. The number of halogens is 1. The quantitative estimate of drug-likeness (QED) is 0.324. The third-order valence-electron chi connectivity index (χ3n) is 2.78. The molecule has 1 rings (SSSR count). The molecule has 0 aliphatic rings. The van der Waals surface area contributed by atoms with Gasteiger partial charge in [-0.15, -0.1) is 30.6 Å². The molecule has 0 aliphatic heterocycles. The van der Waals surface area contributed by atoms with E-state index in [1.165, 1.54) is 0 Å². The topological polar surface area (TPSA) is 56.7 Å².